The first-order valence-electron chi connectivity index (χ1n) is 6.50. The molecule has 6 heteroatoms. The Labute approximate surface area is 112 Å². The molecule has 1 heterocycles. The zero-order chi connectivity index (χ0) is 14.3. The number of carboxylic acid groups (broad SMARTS) is 1. The SMILES string of the molecule is CC(C)C(CCNC(=O)c1ccn[nH]1)CCC(=O)O. The second-order valence-corrected chi connectivity index (χ2v) is 4.95. The molecule has 0 aliphatic rings. The van der Waals surface area contributed by atoms with E-state index in [0.29, 0.717) is 30.5 Å². The summed E-state index contributed by atoms with van der Waals surface area (Å²) in [5.41, 5.74) is 0.437. The second kappa shape index (κ2) is 7.56. The lowest BCUT2D eigenvalue weighted by Gasteiger charge is -2.20. The molecule has 106 valence electrons. The summed E-state index contributed by atoms with van der Waals surface area (Å²) in [7, 11) is 0. The number of hydrogen-bond acceptors (Lipinski definition) is 3. The molecule has 0 fully saturated rings. The topological polar surface area (TPSA) is 95.1 Å². The van der Waals surface area contributed by atoms with Crippen molar-refractivity contribution in [3.8, 4) is 0 Å². The molecule has 19 heavy (non-hydrogen) atoms. The first kappa shape index (κ1) is 15.2. The molecule has 0 saturated carbocycles. The van der Waals surface area contributed by atoms with Crippen molar-refractivity contribution < 1.29 is 14.7 Å². The van der Waals surface area contributed by atoms with Crippen molar-refractivity contribution in [3.05, 3.63) is 18.0 Å². The third-order valence-electron chi connectivity index (χ3n) is 3.22. The van der Waals surface area contributed by atoms with E-state index in [2.05, 4.69) is 29.4 Å². The number of nitrogens with one attached hydrogen (secondary N) is 2. The van der Waals surface area contributed by atoms with Crippen LogP contribution in [0.25, 0.3) is 0 Å². The molecule has 1 atom stereocenters. The smallest absolute Gasteiger partial charge is 0.303 e. The number of H-pyrrole nitrogens is 1. The van der Waals surface area contributed by atoms with Crippen molar-refractivity contribution in [2.45, 2.75) is 33.1 Å². The summed E-state index contributed by atoms with van der Waals surface area (Å²) in [6.45, 7) is 4.69. The van der Waals surface area contributed by atoms with Crippen LogP contribution in [0.1, 0.15) is 43.6 Å². The summed E-state index contributed by atoms with van der Waals surface area (Å²) < 4.78 is 0. The minimum absolute atomic E-state index is 0.178. The summed E-state index contributed by atoms with van der Waals surface area (Å²) in [5.74, 6) is -0.244. The second-order valence-electron chi connectivity index (χ2n) is 4.95. The molecule has 0 bridgehead atoms. The fourth-order valence-corrected chi connectivity index (χ4v) is 1.97. The number of carboxylic acids is 1. The lowest BCUT2D eigenvalue weighted by Crippen LogP contribution is -2.27. The molecule has 0 aromatic carbocycles. The Morgan fingerprint density at radius 1 is 1.42 bits per heavy atom. The highest BCUT2D eigenvalue weighted by atomic mass is 16.4. The Hall–Kier alpha value is -1.85. The maximum atomic E-state index is 11.6. The monoisotopic (exact) mass is 267 g/mol. The van der Waals surface area contributed by atoms with E-state index < -0.39 is 5.97 Å². The summed E-state index contributed by atoms with van der Waals surface area (Å²) in [4.78, 5) is 22.2. The van der Waals surface area contributed by atoms with Crippen LogP contribution in [0, 0.1) is 11.8 Å². The van der Waals surface area contributed by atoms with E-state index in [4.69, 9.17) is 5.11 Å². The van der Waals surface area contributed by atoms with E-state index in [1.54, 1.807) is 6.07 Å². The van der Waals surface area contributed by atoms with Gasteiger partial charge >= 0.3 is 5.97 Å². The molecular formula is C13H21N3O3. The Balaban J connectivity index is 2.32. The highest BCUT2D eigenvalue weighted by Gasteiger charge is 2.15. The van der Waals surface area contributed by atoms with Gasteiger partial charge in [-0.2, -0.15) is 5.10 Å². The number of aromatic amines is 1. The number of carbonyl (C=O) groups excluding carboxylic acids is 1. The van der Waals surface area contributed by atoms with Gasteiger partial charge in [0.15, 0.2) is 0 Å². The van der Waals surface area contributed by atoms with Crippen LogP contribution in [0.2, 0.25) is 0 Å². The van der Waals surface area contributed by atoms with E-state index >= 15 is 0 Å². The minimum Gasteiger partial charge on any atom is -0.481 e. The summed E-state index contributed by atoms with van der Waals surface area (Å²) in [5, 5.41) is 17.8. The lowest BCUT2D eigenvalue weighted by atomic mass is 9.88. The lowest BCUT2D eigenvalue weighted by molar-refractivity contribution is -0.137. The molecule has 1 aromatic rings. The average Bonchev–Trinajstić information content (AvgIpc) is 2.86. The molecule has 1 aromatic heterocycles. The predicted molar refractivity (Wildman–Crippen MR) is 70.7 cm³/mol. The molecule has 1 rings (SSSR count). The van der Waals surface area contributed by atoms with Gasteiger partial charge in [-0.3, -0.25) is 14.7 Å². The fraction of sp³-hybridized carbons (Fsp3) is 0.615. The molecule has 3 N–H and O–H groups in total. The fourth-order valence-electron chi connectivity index (χ4n) is 1.97. The van der Waals surface area contributed by atoms with Crippen molar-refractivity contribution >= 4 is 11.9 Å². The highest BCUT2D eigenvalue weighted by Crippen LogP contribution is 2.20. The van der Waals surface area contributed by atoms with Gasteiger partial charge in [0.05, 0.1) is 0 Å². The van der Waals surface area contributed by atoms with Gasteiger partial charge in [-0.05, 0) is 30.7 Å². The van der Waals surface area contributed by atoms with E-state index in [1.165, 1.54) is 6.20 Å². The average molecular weight is 267 g/mol. The summed E-state index contributed by atoms with van der Waals surface area (Å²) in [6, 6.07) is 1.61. The van der Waals surface area contributed by atoms with Gasteiger partial charge in [-0.1, -0.05) is 13.8 Å². The normalized spacial score (nSPS) is 12.4. The van der Waals surface area contributed by atoms with Crippen LogP contribution < -0.4 is 5.32 Å². The van der Waals surface area contributed by atoms with Gasteiger partial charge in [0, 0.05) is 19.2 Å². The van der Waals surface area contributed by atoms with Gasteiger partial charge in [-0.15, -0.1) is 0 Å². The van der Waals surface area contributed by atoms with Gasteiger partial charge in [0.2, 0.25) is 0 Å². The van der Waals surface area contributed by atoms with Gasteiger partial charge < -0.3 is 10.4 Å². The van der Waals surface area contributed by atoms with Crippen LogP contribution in [0.15, 0.2) is 12.3 Å². The maximum absolute atomic E-state index is 11.6. The van der Waals surface area contributed by atoms with Gasteiger partial charge in [-0.25, -0.2) is 0 Å². The zero-order valence-corrected chi connectivity index (χ0v) is 11.3. The summed E-state index contributed by atoms with van der Waals surface area (Å²) >= 11 is 0. The standard InChI is InChI=1S/C13H21N3O3/c1-9(2)10(3-4-12(17)18)5-7-14-13(19)11-6-8-15-16-11/h6,8-10H,3-5,7H2,1-2H3,(H,14,19)(H,15,16)(H,17,18). The number of nitrogens with zero attached hydrogens (tertiary/aromatic N) is 1. The Kier molecular flexibility index (Phi) is 6.05. The zero-order valence-electron chi connectivity index (χ0n) is 11.3. The highest BCUT2D eigenvalue weighted by molar-refractivity contribution is 5.92. The first-order valence-corrected chi connectivity index (χ1v) is 6.50. The van der Waals surface area contributed by atoms with Crippen LogP contribution >= 0.6 is 0 Å². The van der Waals surface area contributed by atoms with Crippen molar-refractivity contribution in [1.82, 2.24) is 15.5 Å². The van der Waals surface area contributed by atoms with E-state index in [-0.39, 0.29) is 12.3 Å². The number of carbonyl (C=O) groups is 2. The van der Waals surface area contributed by atoms with Crippen molar-refractivity contribution in [2.24, 2.45) is 11.8 Å². The number of aliphatic carboxylic acids is 1. The molecule has 0 aliphatic heterocycles. The Bertz CT molecular complexity index is 401. The predicted octanol–water partition coefficient (Wildman–Crippen LogP) is 1.67. The Morgan fingerprint density at radius 3 is 2.68 bits per heavy atom. The quantitative estimate of drug-likeness (QED) is 0.667. The van der Waals surface area contributed by atoms with Crippen molar-refractivity contribution in [2.75, 3.05) is 6.54 Å². The third-order valence-corrected chi connectivity index (χ3v) is 3.22. The number of amides is 1. The number of rotatable bonds is 8. The number of aromatic nitrogens is 2. The van der Waals surface area contributed by atoms with E-state index in [1.807, 2.05) is 0 Å². The van der Waals surface area contributed by atoms with Crippen LogP contribution in [0.3, 0.4) is 0 Å². The molecule has 1 amide bonds. The van der Waals surface area contributed by atoms with Gasteiger partial charge in [0.1, 0.15) is 5.69 Å². The van der Waals surface area contributed by atoms with Crippen LogP contribution in [0.4, 0.5) is 0 Å². The molecule has 0 radical (unpaired) electrons. The van der Waals surface area contributed by atoms with Crippen molar-refractivity contribution in [1.29, 1.82) is 0 Å². The van der Waals surface area contributed by atoms with Crippen LogP contribution in [-0.2, 0) is 4.79 Å². The summed E-state index contributed by atoms with van der Waals surface area (Å²) in [6.07, 6.45) is 3.13. The van der Waals surface area contributed by atoms with E-state index in [9.17, 15) is 9.59 Å². The third kappa shape index (κ3) is 5.54. The van der Waals surface area contributed by atoms with E-state index in [0.717, 1.165) is 6.42 Å². The van der Waals surface area contributed by atoms with Crippen LogP contribution in [0.5, 0.6) is 0 Å². The molecule has 0 spiro atoms. The maximum Gasteiger partial charge on any atom is 0.303 e. The molecule has 6 nitrogen and oxygen atoms in total. The van der Waals surface area contributed by atoms with Gasteiger partial charge in [0.25, 0.3) is 5.91 Å². The minimum atomic E-state index is -0.771. The molecule has 0 aliphatic carbocycles. The largest absolute Gasteiger partial charge is 0.481 e. The first-order chi connectivity index (χ1) is 9.00. The van der Waals surface area contributed by atoms with Crippen LogP contribution in [-0.4, -0.2) is 33.7 Å². The number of hydrogen-bond donors (Lipinski definition) is 3. The molecule has 1 unspecified atom stereocenters. The Morgan fingerprint density at radius 2 is 2.16 bits per heavy atom. The van der Waals surface area contributed by atoms with Crippen molar-refractivity contribution in [3.63, 3.8) is 0 Å². The molecular weight excluding hydrogens is 246 g/mol. The molecule has 0 saturated heterocycles.